The average molecular weight is 226 g/mol. The molecule has 0 aromatic heterocycles. The quantitative estimate of drug-likeness (QED) is 0.842. The van der Waals surface area contributed by atoms with Gasteiger partial charge < -0.3 is 5.11 Å². The zero-order chi connectivity index (χ0) is 12.1. The van der Waals surface area contributed by atoms with Crippen molar-refractivity contribution in [3.8, 4) is 0 Å². The fourth-order valence-electron chi connectivity index (χ4n) is 1.98. The molecule has 17 heavy (non-hydrogen) atoms. The predicted octanol–water partition coefficient (Wildman–Crippen LogP) is 3.72. The van der Waals surface area contributed by atoms with E-state index in [1.54, 1.807) is 0 Å². The van der Waals surface area contributed by atoms with Crippen LogP contribution in [0.1, 0.15) is 36.1 Å². The average Bonchev–Trinajstić information content (AvgIpc) is 2.40. The molecular weight excluding hydrogens is 208 g/mol. The number of rotatable bonds is 4. The Morgan fingerprint density at radius 2 is 1.47 bits per heavy atom. The first-order valence-corrected chi connectivity index (χ1v) is 6.13. The topological polar surface area (TPSA) is 20.2 Å². The third kappa shape index (κ3) is 2.95. The molecule has 0 aliphatic heterocycles. The Morgan fingerprint density at radius 3 is 2.06 bits per heavy atom. The van der Waals surface area contributed by atoms with Crippen LogP contribution in [0.15, 0.2) is 54.6 Å². The van der Waals surface area contributed by atoms with Crippen molar-refractivity contribution >= 4 is 0 Å². The van der Waals surface area contributed by atoms with Crippen LogP contribution in [0.4, 0.5) is 0 Å². The lowest BCUT2D eigenvalue weighted by Crippen LogP contribution is -1.99. The maximum atomic E-state index is 10.2. The summed E-state index contributed by atoms with van der Waals surface area (Å²) in [7, 11) is 0. The lowest BCUT2D eigenvalue weighted by molar-refractivity contribution is 0.220. The summed E-state index contributed by atoms with van der Waals surface area (Å²) in [5.41, 5.74) is 3.23. The van der Waals surface area contributed by atoms with Crippen molar-refractivity contribution in [1.82, 2.24) is 0 Å². The van der Waals surface area contributed by atoms with Crippen molar-refractivity contribution in [3.63, 3.8) is 0 Å². The van der Waals surface area contributed by atoms with E-state index in [9.17, 15) is 5.11 Å². The molecule has 0 radical (unpaired) electrons. The molecule has 0 unspecified atom stereocenters. The molecule has 0 aliphatic rings. The molecule has 2 rings (SSSR count). The summed E-state index contributed by atoms with van der Waals surface area (Å²) in [6, 6.07) is 18.0. The first-order chi connectivity index (χ1) is 8.31. The van der Waals surface area contributed by atoms with Gasteiger partial charge in [0.05, 0.1) is 0 Å². The van der Waals surface area contributed by atoms with E-state index in [4.69, 9.17) is 0 Å². The van der Waals surface area contributed by atoms with Crippen molar-refractivity contribution in [1.29, 1.82) is 0 Å². The smallest absolute Gasteiger partial charge is 0.104 e. The van der Waals surface area contributed by atoms with Gasteiger partial charge in [0.25, 0.3) is 0 Å². The highest BCUT2D eigenvalue weighted by molar-refractivity contribution is 5.31. The molecule has 88 valence electrons. The van der Waals surface area contributed by atoms with E-state index in [-0.39, 0.29) is 0 Å². The minimum Gasteiger partial charge on any atom is -0.384 e. The maximum Gasteiger partial charge on any atom is 0.104 e. The third-order valence-electron chi connectivity index (χ3n) is 2.95. The standard InChI is InChI=1S/C16H18O/c1-2-6-13-9-11-15(12-10-13)16(17)14-7-4-3-5-8-14/h3-5,7-12,16-17H,2,6H2,1H3/t16-/m1/s1. The summed E-state index contributed by atoms with van der Waals surface area (Å²) in [6.45, 7) is 2.17. The van der Waals surface area contributed by atoms with Crippen molar-refractivity contribution in [3.05, 3.63) is 71.3 Å². The number of hydrogen-bond donors (Lipinski definition) is 1. The van der Waals surface area contributed by atoms with Gasteiger partial charge in [-0.25, -0.2) is 0 Å². The predicted molar refractivity (Wildman–Crippen MR) is 70.9 cm³/mol. The molecule has 0 heterocycles. The van der Waals surface area contributed by atoms with Crippen LogP contribution in [-0.4, -0.2) is 5.11 Å². The van der Waals surface area contributed by atoms with E-state index >= 15 is 0 Å². The van der Waals surface area contributed by atoms with Gasteiger partial charge in [-0.2, -0.15) is 0 Å². The van der Waals surface area contributed by atoms with Crippen LogP contribution in [0.2, 0.25) is 0 Å². The van der Waals surface area contributed by atoms with Crippen LogP contribution in [0, 0.1) is 0 Å². The monoisotopic (exact) mass is 226 g/mol. The lowest BCUT2D eigenvalue weighted by Gasteiger charge is -2.11. The molecule has 2 aromatic carbocycles. The number of aryl methyl sites for hydroxylation is 1. The van der Waals surface area contributed by atoms with Gasteiger partial charge >= 0.3 is 0 Å². The van der Waals surface area contributed by atoms with Crippen molar-refractivity contribution in [2.24, 2.45) is 0 Å². The Kier molecular flexibility index (Phi) is 3.94. The molecule has 1 N–H and O–H groups in total. The Balaban J connectivity index is 2.17. The second kappa shape index (κ2) is 5.65. The Bertz CT molecular complexity index is 445. The summed E-state index contributed by atoms with van der Waals surface area (Å²) in [6.07, 6.45) is 1.73. The summed E-state index contributed by atoms with van der Waals surface area (Å²) in [5, 5.41) is 10.2. The molecule has 0 spiro atoms. The Morgan fingerprint density at radius 1 is 0.882 bits per heavy atom. The normalized spacial score (nSPS) is 12.4. The summed E-state index contributed by atoms with van der Waals surface area (Å²) in [4.78, 5) is 0. The molecule has 1 heteroatoms. The molecule has 0 bridgehead atoms. The van der Waals surface area contributed by atoms with Gasteiger partial charge in [0.15, 0.2) is 0 Å². The van der Waals surface area contributed by atoms with Crippen LogP contribution in [-0.2, 0) is 6.42 Å². The third-order valence-corrected chi connectivity index (χ3v) is 2.95. The van der Waals surface area contributed by atoms with Crippen molar-refractivity contribution < 1.29 is 5.11 Å². The van der Waals surface area contributed by atoms with Gasteiger partial charge in [0, 0.05) is 0 Å². The summed E-state index contributed by atoms with van der Waals surface area (Å²) >= 11 is 0. The minimum absolute atomic E-state index is 0.521. The Labute approximate surface area is 103 Å². The highest BCUT2D eigenvalue weighted by Crippen LogP contribution is 2.21. The van der Waals surface area contributed by atoms with Crippen molar-refractivity contribution in [2.75, 3.05) is 0 Å². The molecular formula is C16H18O. The summed E-state index contributed by atoms with van der Waals surface area (Å²) < 4.78 is 0. The fourth-order valence-corrected chi connectivity index (χ4v) is 1.98. The second-order valence-electron chi connectivity index (χ2n) is 4.30. The van der Waals surface area contributed by atoms with E-state index in [0.29, 0.717) is 0 Å². The van der Waals surface area contributed by atoms with Gasteiger partial charge in [0.1, 0.15) is 6.10 Å². The zero-order valence-electron chi connectivity index (χ0n) is 10.1. The van der Waals surface area contributed by atoms with Gasteiger partial charge in [-0.3, -0.25) is 0 Å². The molecule has 0 amide bonds. The van der Waals surface area contributed by atoms with Gasteiger partial charge in [0.2, 0.25) is 0 Å². The van der Waals surface area contributed by atoms with Crippen LogP contribution in [0.5, 0.6) is 0 Å². The van der Waals surface area contributed by atoms with E-state index in [2.05, 4.69) is 19.1 Å². The van der Waals surface area contributed by atoms with Gasteiger partial charge in [-0.1, -0.05) is 67.9 Å². The van der Waals surface area contributed by atoms with Gasteiger partial charge in [-0.15, -0.1) is 0 Å². The molecule has 0 saturated carbocycles. The zero-order valence-corrected chi connectivity index (χ0v) is 10.1. The molecule has 0 fully saturated rings. The highest BCUT2D eigenvalue weighted by Gasteiger charge is 2.09. The molecule has 2 aromatic rings. The van der Waals surface area contributed by atoms with E-state index in [1.165, 1.54) is 5.56 Å². The second-order valence-corrected chi connectivity index (χ2v) is 4.30. The van der Waals surface area contributed by atoms with Crippen LogP contribution < -0.4 is 0 Å². The largest absolute Gasteiger partial charge is 0.384 e. The van der Waals surface area contributed by atoms with Crippen LogP contribution in [0.25, 0.3) is 0 Å². The fraction of sp³-hybridized carbons (Fsp3) is 0.250. The summed E-state index contributed by atoms with van der Waals surface area (Å²) in [5.74, 6) is 0. The van der Waals surface area contributed by atoms with Crippen molar-refractivity contribution in [2.45, 2.75) is 25.9 Å². The highest BCUT2D eigenvalue weighted by atomic mass is 16.3. The van der Waals surface area contributed by atoms with Gasteiger partial charge in [-0.05, 0) is 23.1 Å². The number of aliphatic hydroxyl groups is 1. The minimum atomic E-state index is -0.521. The van der Waals surface area contributed by atoms with Crippen LogP contribution >= 0.6 is 0 Å². The van der Waals surface area contributed by atoms with E-state index < -0.39 is 6.10 Å². The number of hydrogen-bond acceptors (Lipinski definition) is 1. The number of aliphatic hydroxyl groups excluding tert-OH is 1. The first kappa shape index (κ1) is 11.9. The molecule has 1 atom stereocenters. The van der Waals surface area contributed by atoms with E-state index in [1.807, 2.05) is 42.5 Å². The maximum absolute atomic E-state index is 10.2. The Hall–Kier alpha value is -1.60. The first-order valence-electron chi connectivity index (χ1n) is 6.13. The molecule has 0 saturated heterocycles. The molecule has 1 nitrogen and oxygen atoms in total. The number of benzene rings is 2. The van der Waals surface area contributed by atoms with Crippen LogP contribution in [0.3, 0.4) is 0 Å². The van der Waals surface area contributed by atoms with E-state index in [0.717, 1.165) is 24.0 Å². The molecule has 0 aliphatic carbocycles. The SMILES string of the molecule is CCCc1ccc([C@H](O)c2ccccc2)cc1. The lowest BCUT2D eigenvalue weighted by atomic mass is 9.99.